The van der Waals surface area contributed by atoms with E-state index in [1.54, 1.807) is 0 Å². The van der Waals surface area contributed by atoms with Crippen LogP contribution in [0.4, 0.5) is 0 Å². The molecule has 13 heavy (non-hydrogen) atoms. The van der Waals surface area contributed by atoms with Crippen molar-refractivity contribution in [3.05, 3.63) is 23.0 Å². The monoisotopic (exact) mass is 222 g/mol. The van der Waals surface area contributed by atoms with Crippen LogP contribution in [0.1, 0.15) is 12.8 Å². The summed E-state index contributed by atoms with van der Waals surface area (Å²) in [6.45, 7) is 0. The van der Waals surface area contributed by atoms with Crippen LogP contribution in [0.3, 0.4) is 0 Å². The van der Waals surface area contributed by atoms with Gasteiger partial charge in [-0.2, -0.15) is 8.42 Å². The zero-order valence-corrected chi connectivity index (χ0v) is 8.97. The van der Waals surface area contributed by atoms with Gasteiger partial charge in [-0.25, -0.2) is 10.9 Å². The molecule has 0 saturated carbocycles. The standard InChI is InChI=1S/C8H14O3S2/c9-13(10,11)8-4-3-7-12-5-1-2-6-12/h1-2,5-6,12H,3-4,7-8H2,(H,9,10,11). The van der Waals surface area contributed by atoms with Crippen molar-refractivity contribution in [2.75, 3.05) is 11.5 Å². The third kappa shape index (κ3) is 5.13. The molecule has 0 bridgehead atoms. The van der Waals surface area contributed by atoms with Gasteiger partial charge in [0.25, 0.3) is 10.1 Å². The zero-order valence-electron chi connectivity index (χ0n) is 7.26. The van der Waals surface area contributed by atoms with Crippen molar-refractivity contribution in [1.82, 2.24) is 0 Å². The number of unbranched alkanes of at least 4 members (excludes halogenated alkanes) is 1. The molecular formula is C8H14O3S2. The molecular weight excluding hydrogens is 208 g/mol. The lowest BCUT2D eigenvalue weighted by Crippen LogP contribution is -2.03. The average molecular weight is 222 g/mol. The maximum atomic E-state index is 10.4. The highest BCUT2D eigenvalue weighted by molar-refractivity contribution is 8.22. The van der Waals surface area contributed by atoms with Crippen molar-refractivity contribution in [2.45, 2.75) is 12.8 Å². The molecule has 0 atom stereocenters. The first-order chi connectivity index (χ1) is 6.08. The van der Waals surface area contributed by atoms with Crippen molar-refractivity contribution in [1.29, 1.82) is 0 Å². The minimum Gasteiger partial charge on any atom is -0.286 e. The molecule has 5 heteroatoms. The number of hydrogen-bond donors (Lipinski definition) is 2. The van der Waals surface area contributed by atoms with Crippen molar-refractivity contribution in [2.24, 2.45) is 0 Å². The molecule has 0 fully saturated rings. The van der Waals surface area contributed by atoms with E-state index in [4.69, 9.17) is 4.55 Å². The van der Waals surface area contributed by atoms with E-state index < -0.39 is 10.1 Å². The molecule has 0 saturated heterocycles. The van der Waals surface area contributed by atoms with E-state index in [0.29, 0.717) is 6.42 Å². The smallest absolute Gasteiger partial charge is 0.264 e. The lowest BCUT2D eigenvalue weighted by atomic mass is 10.4. The Hall–Kier alpha value is -0.260. The molecule has 0 aromatic rings. The first kappa shape index (κ1) is 10.8. The van der Waals surface area contributed by atoms with Gasteiger partial charge in [0.05, 0.1) is 5.75 Å². The molecule has 1 N–H and O–H groups in total. The topological polar surface area (TPSA) is 54.4 Å². The van der Waals surface area contributed by atoms with Gasteiger partial charge in [0, 0.05) is 0 Å². The summed E-state index contributed by atoms with van der Waals surface area (Å²) in [7, 11) is -3.88. The lowest BCUT2D eigenvalue weighted by molar-refractivity contribution is 0.481. The highest BCUT2D eigenvalue weighted by atomic mass is 32.2. The summed E-state index contributed by atoms with van der Waals surface area (Å²) in [6.07, 6.45) is 5.46. The van der Waals surface area contributed by atoms with Gasteiger partial charge in [-0.3, -0.25) is 4.55 Å². The molecule has 1 aliphatic rings. The molecule has 3 nitrogen and oxygen atoms in total. The molecule has 0 amide bonds. The Morgan fingerprint density at radius 3 is 2.31 bits per heavy atom. The molecule has 1 rings (SSSR count). The van der Waals surface area contributed by atoms with E-state index in [2.05, 4.69) is 10.8 Å². The molecule has 1 heterocycles. The largest absolute Gasteiger partial charge is 0.286 e. The molecule has 0 spiro atoms. The Bertz CT molecular complexity index is 291. The van der Waals surface area contributed by atoms with Crippen LogP contribution in [0.5, 0.6) is 0 Å². The Labute approximate surface area is 81.6 Å². The quantitative estimate of drug-likeness (QED) is 0.423. The Balaban J connectivity index is 2.08. The fourth-order valence-electron chi connectivity index (χ4n) is 1.10. The van der Waals surface area contributed by atoms with Crippen LogP contribution in [0, 0.1) is 0 Å². The Morgan fingerprint density at radius 1 is 1.15 bits per heavy atom. The highest BCUT2D eigenvalue weighted by Crippen LogP contribution is 2.33. The molecule has 0 radical (unpaired) electrons. The van der Waals surface area contributed by atoms with Crippen LogP contribution in [-0.4, -0.2) is 24.5 Å². The second-order valence-corrected chi connectivity index (χ2v) is 6.56. The predicted octanol–water partition coefficient (Wildman–Crippen LogP) is 1.70. The summed E-state index contributed by atoms with van der Waals surface area (Å²) >= 11 is 0. The summed E-state index contributed by atoms with van der Waals surface area (Å²) in [4.78, 5) is 0. The van der Waals surface area contributed by atoms with Gasteiger partial charge in [-0.05, 0) is 29.4 Å². The fourth-order valence-corrected chi connectivity index (χ4v) is 3.29. The number of rotatable bonds is 5. The molecule has 0 aromatic heterocycles. The Morgan fingerprint density at radius 2 is 1.77 bits per heavy atom. The molecule has 1 aliphatic heterocycles. The normalized spacial score (nSPS) is 18.4. The van der Waals surface area contributed by atoms with Crippen molar-refractivity contribution in [3.63, 3.8) is 0 Å². The van der Waals surface area contributed by atoms with Gasteiger partial charge in [0.1, 0.15) is 0 Å². The minimum atomic E-state index is -3.75. The van der Waals surface area contributed by atoms with Crippen molar-refractivity contribution < 1.29 is 13.0 Å². The van der Waals surface area contributed by atoms with Gasteiger partial charge in [0.2, 0.25) is 0 Å². The minimum absolute atomic E-state index is 0.108. The summed E-state index contributed by atoms with van der Waals surface area (Å²) in [6, 6.07) is 0. The van der Waals surface area contributed by atoms with Crippen molar-refractivity contribution in [3.8, 4) is 0 Å². The van der Waals surface area contributed by atoms with E-state index in [9.17, 15) is 8.42 Å². The lowest BCUT2D eigenvalue weighted by Gasteiger charge is -2.08. The van der Waals surface area contributed by atoms with Gasteiger partial charge >= 0.3 is 0 Å². The first-order valence-corrected chi connectivity index (χ1v) is 7.41. The SMILES string of the molecule is O=S(=O)(O)CCCC[SH]1C=CC=C1. The number of allylic oxidation sites excluding steroid dienone is 2. The van der Waals surface area contributed by atoms with E-state index >= 15 is 0 Å². The predicted molar refractivity (Wildman–Crippen MR) is 57.8 cm³/mol. The third-order valence-electron chi connectivity index (χ3n) is 1.73. The summed E-state index contributed by atoms with van der Waals surface area (Å²) in [5.41, 5.74) is 0. The second-order valence-electron chi connectivity index (χ2n) is 2.91. The molecule has 0 aromatic carbocycles. The maximum Gasteiger partial charge on any atom is 0.264 e. The Kier molecular flexibility index (Phi) is 4.02. The van der Waals surface area contributed by atoms with E-state index in [1.807, 2.05) is 12.2 Å². The molecule has 0 unspecified atom stereocenters. The molecule has 0 aliphatic carbocycles. The zero-order chi connectivity index (χ0) is 9.73. The maximum absolute atomic E-state index is 10.4. The third-order valence-corrected chi connectivity index (χ3v) is 4.48. The highest BCUT2D eigenvalue weighted by Gasteiger charge is 2.04. The summed E-state index contributed by atoms with van der Waals surface area (Å²) < 4.78 is 29.2. The second kappa shape index (κ2) is 4.83. The molecule has 76 valence electrons. The van der Waals surface area contributed by atoms with Crippen LogP contribution < -0.4 is 0 Å². The van der Waals surface area contributed by atoms with E-state index in [0.717, 1.165) is 12.2 Å². The van der Waals surface area contributed by atoms with Crippen LogP contribution in [-0.2, 0) is 10.1 Å². The van der Waals surface area contributed by atoms with Gasteiger partial charge in [0.15, 0.2) is 0 Å². The van der Waals surface area contributed by atoms with E-state index in [1.165, 1.54) is 0 Å². The summed E-state index contributed by atoms with van der Waals surface area (Å²) in [5.74, 6) is 0.918. The number of hydrogen-bond acceptors (Lipinski definition) is 2. The van der Waals surface area contributed by atoms with Gasteiger partial charge in [-0.15, -0.1) is 0 Å². The fraction of sp³-hybridized carbons (Fsp3) is 0.500. The average Bonchev–Trinajstić information content (AvgIpc) is 2.48. The first-order valence-electron chi connectivity index (χ1n) is 4.14. The van der Waals surface area contributed by atoms with Crippen LogP contribution >= 0.6 is 10.9 Å². The van der Waals surface area contributed by atoms with Gasteiger partial charge < -0.3 is 0 Å². The van der Waals surface area contributed by atoms with E-state index in [-0.39, 0.29) is 16.6 Å². The number of thiol groups is 1. The van der Waals surface area contributed by atoms with Crippen LogP contribution in [0.2, 0.25) is 0 Å². The van der Waals surface area contributed by atoms with Gasteiger partial charge in [-0.1, -0.05) is 12.2 Å². The van der Waals surface area contributed by atoms with Crippen LogP contribution in [0.25, 0.3) is 0 Å². The van der Waals surface area contributed by atoms with Crippen molar-refractivity contribution >= 4 is 21.0 Å². The summed E-state index contributed by atoms with van der Waals surface area (Å²) in [5, 5.41) is 4.31. The van der Waals surface area contributed by atoms with Crippen LogP contribution in [0.15, 0.2) is 23.0 Å².